The van der Waals surface area contributed by atoms with Crippen molar-refractivity contribution in [1.29, 1.82) is 0 Å². The molecular weight excluding hydrogens is 192 g/mol. The molecule has 0 saturated heterocycles. The van der Waals surface area contributed by atoms with Crippen molar-refractivity contribution in [3.8, 4) is 0 Å². The minimum absolute atomic E-state index is 0.155. The molecule has 2 rings (SSSR count). The summed E-state index contributed by atoms with van der Waals surface area (Å²) in [5.74, 6) is -0.0732. The number of hydrogen-bond acceptors (Lipinski definition) is 3. The van der Waals surface area contributed by atoms with E-state index in [0.29, 0.717) is 6.61 Å². The van der Waals surface area contributed by atoms with Crippen LogP contribution in [0.3, 0.4) is 0 Å². The molecule has 0 aromatic heterocycles. The maximum Gasteiger partial charge on any atom is 0.310 e. The molecule has 0 amide bonds. The fourth-order valence-corrected chi connectivity index (χ4v) is 2.99. The van der Waals surface area contributed by atoms with E-state index in [9.17, 15) is 9.59 Å². The van der Waals surface area contributed by atoms with Gasteiger partial charge in [0.25, 0.3) is 0 Å². The van der Waals surface area contributed by atoms with E-state index in [4.69, 9.17) is 4.74 Å². The molecule has 0 aromatic rings. The highest BCUT2D eigenvalue weighted by Gasteiger charge is 2.50. The first-order valence-corrected chi connectivity index (χ1v) is 5.49. The summed E-state index contributed by atoms with van der Waals surface area (Å²) in [6.07, 6.45) is 4.01. The van der Waals surface area contributed by atoms with E-state index in [0.717, 1.165) is 12.7 Å². The molecule has 15 heavy (non-hydrogen) atoms. The smallest absolute Gasteiger partial charge is 0.310 e. The Hall–Kier alpha value is -1.12. The Labute approximate surface area is 89.5 Å². The molecule has 4 atom stereocenters. The second-order valence-electron chi connectivity index (χ2n) is 4.41. The molecule has 2 aliphatic rings. The standard InChI is InChI=1S/C12H16O3/c1-3-15-12(14)11-9-5-8(4-7(9)2)10(11)6-13/h4,6,8-11H,3,5H2,1-2H3. The van der Waals surface area contributed by atoms with Crippen LogP contribution < -0.4 is 0 Å². The topological polar surface area (TPSA) is 43.4 Å². The number of fused-ring (bicyclic) bond motifs is 2. The first kappa shape index (κ1) is 10.4. The third kappa shape index (κ3) is 1.50. The molecule has 0 radical (unpaired) electrons. The Bertz CT molecular complexity index is 319. The highest BCUT2D eigenvalue weighted by Crippen LogP contribution is 2.51. The van der Waals surface area contributed by atoms with Gasteiger partial charge in [-0.05, 0) is 32.1 Å². The van der Waals surface area contributed by atoms with E-state index < -0.39 is 0 Å². The fourth-order valence-electron chi connectivity index (χ4n) is 2.99. The van der Waals surface area contributed by atoms with Crippen molar-refractivity contribution in [3.63, 3.8) is 0 Å². The number of hydrogen-bond donors (Lipinski definition) is 0. The van der Waals surface area contributed by atoms with Crippen molar-refractivity contribution >= 4 is 12.3 Å². The van der Waals surface area contributed by atoms with Gasteiger partial charge in [-0.2, -0.15) is 0 Å². The normalized spacial score (nSPS) is 37.6. The Balaban J connectivity index is 2.20. The molecule has 1 fully saturated rings. The second-order valence-corrected chi connectivity index (χ2v) is 4.41. The summed E-state index contributed by atoms with van der Waals surface area (Å²) in [6, 6.07) is 0. The third-order valence-corrected chi connectivity index (χ3v) is 3.65. The van der Waals surface area contributed by atoms with Crippen LogP contribution in [0.15, 0.2) is 11.6 Å². The van der Waals surface area contributed by atoms with Gasteiger partial charge in [0.05, 0.1) is 12.5 Å². The molecule has 1 saturated carbocycles. The summed E-state index contributed by atoms with van der Waals surface area (Å²) in [5, 5.41) is 0. The zero-order valence-electron chi connectivity index (χ0n) is 9.10. The van der Waals surface area contributed by atoms with Crippen LogP contribution in [0.2, 0.25) is 0 Å². The fraction of sp³-hybridized carbons (Fsp3) is 0.667. The third-order valence-electron chi connectivity index (χ3n) is 3.65. The molecule has 0 N–H and O–H groups in total. The zero-order chi connectivity index (χ0) is 11.0. The van der Waals surface area contributed by atoms with E-state index in [1.165, 1.54) is 5.57 Å². The van der Waals surface area contributed by atoms with Crippen LogP contribution in [0.25, 0.3) is 0 Å². The summed E-state index contributed by atoms with van der Waals surface area (Å²) >= 11 is 0. The predicted octanol–water partition coefficient (Wildman–Crippen LogP) is 1.58. The van der Waals surface area contributed by atoms with Crippen LogP contribution in [0.1, 0.15) is 20.3 Å². The number of rotatable bonds is 3. The minimum atomic E-state index is -0.225. The number of aldehydes is 1. The van der Waals surface area contributed by atoms with E-state index in [-0.39, 0.29) is 29.6 Å². The molecule has 0 aromatic carbocycles. The second kappa shape index (κ2) is 3.80. The Morgan fingerprint density at radius 2 is 2.40 bits per heavy atom. The number of esters is 1. The zero-order valence-corrected chi connectivity index (χ0v) is 9.10. The lowest BCUT2D eigenvalue weighted by Crippen LogP contribution is -2.31. The maximum absolute atomic E-state index is 11.7. The van der Waals surface area contributed by atoms with Gasteiger partial charge in [-0.1, -0.05) is 11.6 Å². The van der Waals surface area contributed by atoms with Crippen LogP contribution >= 0.6 is 0 Å². The van der Waals surface area contributed by atoms with E-state index in [2.05, 4.69) is 6.08 Å². The molecule has 0 aliphatic heterocycles. The van der Waals surface area contributed by atoms with E-state index in [1.807, 2.05) is 6.92 Å². The SMILES string of the molecule is CCOC(=O)C1C2CC(C=C2C)C1C=O. The van der Waals surface area contributed by atoms with Gasteiger partial charge in [0.2, 0.25) is 0 Å². The van der Waals surface area contributed by atoms with Crippen LogP contribution in [0, 0.1) is 23.7 Å². The van der Waals surface area contributed by atoms with Gasteiger partial charge in [0, 0.05) is 5.92 Å². The van der Waals surface area contributed by atoms with Crippen molar-refractivity contribution in [2.45, 2.75) is 20.3 Å². The molecule has 3 nitrogen and oxygen atoms in total. The number of allylic oxidation sites excluding steroid dienone is 2. The Morgan fingerprint density at radius 3 is 3.00 bits per heavy atom. The molecule has 0 heterocycles. The number of carbonyl (C=O) groups excluding carboxylic acids is 2. The van der Waals surface area contributed by atoms with Crippen LogP contribution in [-0.4, -0.2) is 18.9 Å². The van der Waals surface area contributed by atoms with Gasteiger partial charge in [0.1, 0.15) is 6.29 Å². The number of ether oxygens (including phenoxy) is 1. The lowest BCUT2D eigenvalue weighted by atomic mass is 9.81. The molecule has 0 spiro atoms. The van der Waals surface area contributed by atoms with E-state index in [1.54, 1.807) is 6.92 Å². The van der Waals surface area contributed by atoms with Crippen LogP contribution in [0.4, 0.5) is 0 Å². The summed E-state index contributed by atoms with van der Waals surface area (Å²) in [4.78, 5) is 22.7. The molecular formula is C12H16O3. The van der Waals surface area contributed by atoms with Crippen molar-refractivity contribution in [2.75, 3.05) is 6.61 Å². The number of carbonyl (C=O) groups is 2. The highest BCUT2D eigenvalue weighted by molar-refractivity contribution is 5.79. The molecule has 2 bridgehead atoms. The van der Waals surface area contributed by atoms with Crippen molar-refractivity contribution in [3.05, 3.63) is 11.6 Å². The van der Waals surface area contributed by atoms with Gasteiger partial charge in [-0.3, -0.25) is 4.79 Å². The quantitative estimate of drug-likeness (QED) is 0.402. The van der Waals surface area contributed by atoms with Gasteiger partial charge in [-0.15, -0.1) is 0 Å². The Morgan fingerprint density at radius 1 is 1.67 bits per heavy atom. The van der Waals surface area contributed by atoms with Crippen molar-refractivity contribution in [1.82, 2.24) is 0 Å². The lowest BCUT2D eigenvalue weighted by Gasteiger charge is -2.24. The van der Waals surface area contributed by atoms with Crippen molar-refractivity contribution < 1.29 is 14.3 Å². The van der Waals surface area contributed by atoms with Gasteiger partial charge in [0.15, 0.2) is 0 Å². The highest BCUT2D eigenvalue weighted by atomic mass is 16.5. The minimum Gasteiger partial charge on any atom is -0.466 e. The van der Waals surface area contributed by atoms with Crippen LogP contribution in [-0.2, 0) is 14.3 Å². The first-order valence-electron chi connectivity index (χ1n) is 5.49. The molecule has 4 unspecified atom stereocenters. The van der Waals surface area contributed by atoms with Gasteiger partial charge >= 0.3 is 5.97 Å². The molecule has 3 heteroatoms. The monoisotopic (exact) mass is 208 g/mol. The summed E-state index contributed by atoms with van der Waals surface area (Å²) in [5.41, 5.74) is 1.25. The molecule has 2 aliphatic carbocycles. The predicted molar refractivity (Wildman–Crippen MR) is 55.0 cm³/mol. The van der Waals surface area contributed by atoms with Crippen LogP contribution in [0.5, 0.6) is 0 Å². The maximum atomic E-state index is 11.7. The lowest BCUT2D eigenvalue weighted by molar-refractivity contribution is -0.151. The average molecular weight is 208 g/mol. The van der Waals surface area contributed by atoms with Crippen molar-refractivity contribution in [2.24, 2.45) is 23.7 Å². The van der Waals surface area contributed by atoms with E-state index >= 15 is 0 Å². The Kier molecular flexibility index (Phi) is 2.63. The first-order chi connectivity index (χ1) is 7.19. The summed E-state index contributed by atoms with van der Waals surface area (Å²) in [7, 11) is 0. The van der Waals surface area contributed by atoms with Gasteiger partial charge < -0.3 is 9.53 Å². The average Bonchev–Trinajstić information content (AvgIpc) is 2.73. The summed E-state index contributed by atoms with van der Waals surface area (Å²) in [6.45, 7) is 4.22. The largest absolute Gasteiger partial charge is 0.466 e. The summed E-state index contributed by atoms with van der Waals surface area (Å²) < 4.78 is 5.03. The molecule has 82 valence electrons. The van der Waals surface area contributed by atoms with Gasteiger partial charge in [-0.25, -0.2) is 0 Å².